The number of nitrogens with zero attached hydrogens (tertiary/aromatic N) is 3. The van der Waals surface area contributed by atoms with Crippen LogP contribution in [0.2, 0.25) is 0 Å². The molecule has 0 aliphatic carbocycles. The molecule has 122 valence electrons. The Kier molecular flexibility index (Phi) is 3.99. The quantitative estimate of drug-likeness (QED) is 0.775. The summed E-state index contributed by atoms with van der Waals surface area (Å²) in [6.45, 7) is 5.23. The van der Waals surface area contributed by atoms with E-state index in [0.29, 0.717) is 22.6 Å². The van der Waals surface area contributed by atoms with Gasteiger partial charge in [0.1, 0.15) is 5.56 Å². The summed E-state index contributed by atoms with van der Waals surface area (Å²) < 4.78 is 1.64. The molecule has 0 aliphatic heterocycles. The van der Waals surface area contributed by atoms with E-state index >= 15 is 0 Å². The zero-order valence-electron chi connectivity index (χ0n) is 13.6. The number of anilines is 2. The number of hydrogen-bond donors (Lipinski definition) is 2. The fourth-order valence-corrected chi connectivity index (χ4v) is 2.47. The van der Waals surface area contributed by atoms with E-state index in [1.807, 2.05) is 19.9 Å². The van der Waals surface area contributed by atoms with Crippen molar-refractivity contribution in [3.8, 4) is 0 Å². The minimum absolute atomic E-state index is 0.144. The number of aryl methyl sites for hydroxylation is 2. The molecule has 0 spiro atoms. The van der Waals surface area contributed by atoms with Gasteiger partial charge in [-0.05, 0) is 44.2 Å². The van der Waals surface area contributed by atoms with Gasteiger partial charge in [-0.3, -0.25) is 9.59 Å². The van der Waals surface area contributed by atoms with E-state index in [1.165, 1.54) is 13.1 Å². The minimum Gasteiger partial charge on any atom is -0.326 e. The van der Waals surface area contributed by atoms with Gasteiger partial charge >= 0.3 is 0 Å². The molecule has 0 bridgehead atoms. The molecule has 3 aromatic rings. The molecule has 0 radical (unpaired) electrons. The molecule has 0 saturated heterocycles. The van der Waals surface area contributed by atoms with Crippen LogP contribution < -0.4 is 10.6 Å². The van der Waals surface area contributed by atoms with Crippen LogP contribution in [0.3, 0.4) is 0 Å². The van der Waals surface area contributed by atoms with Gasteiger partial charge in [-0.15, -0.1) is 0 Å². The molecule has 2 heterocycles. The molecular formula is C17H17N5O2. The summed E-state index contributed by atoms with van der Waals surface area (Å²) in [5, 5.41) is 9.70. The van der Waals surface area contributed by atoms with E-state index < -0.39 is 0 Å². The molecule has 3 rings (SSSR count). The lowest BCUT2D eigenvalue weighted by Crippen LogP contribution is -2.12. The van der Waals surface area contributed by atoms with Crippen LogP contribution in [0.1, 0.15) is 28.7 Å². The molecule has 2 N–H and O–H groups in total. The first-order valence-electron chi connectivity index (χ1n) is 7.45. The summed E-state index contributed by atoms with van der Waals surface area (Å²) in [6.07, 6.45) is 1.51. The third kappa shape index (κ3) is 3.10. The number of carbonyl (C=O) groups excluding carboxylic acids is 2. The number of fused-ring (bicyclic) bond motifs is 1. The second-order valence-corrected chi connectivity index (χ2v) is 5.55. The van der Waals surface area contributed by atoms with Crippen molar-refractivity contribution in [3.05, 3.63) is 53.5 Å². The molecule has 0 unspecified atom stereocenters. The monoisotopic (exact) mass is 323 g/mol. The van der Waals surface area contributed by atoms with Crippen molar-refractivity contribution >= 4 is 28.8 Å². The number of rotatable bonds is 3. The molecular weight excluding hydrogens is 306 g/mol. The van der Waals surface area contributed by atoms with Gasteiger partial charge in [0.25, 0.3) is 5.91 Å². The zero-order valence-corrected chi connectivity index (χ0v) is 13.6. The summed E-state index contributed by atoms with van der Waals surface area (Å²) in [4.78, 5) is 27.9. The van der Waals surface area contributed by atoms with Crippen molar-refractivity contribution in [2.24, 2.45) is 0 Å². The number of benzene rings is 1. The van der Waals surface area contributed by atoms with Crippen LogP contribution in [0.15, 0.2) is 36.5 Å². The van der Waals surface area contributed by atoms with E-state index in [4.69, 9.17) is 0 Å². The van der Waals surface area contributed by atoms with Crippen LogP contribution in [-0.2, 0) is 4.79 Å². The molecule has 2 amide bonds. The molecule has 0 saturated carbocycles. The van der Waals surface area contributed by atoms with E-state index in [1.54, 1.807) is 28.8 Å². The van der Waals surface area contributed by atoms with Gasteiger partial charge in [0.2, 0.25) is 5.91 Å². The number of aromatic nitrogens is 3. The Hall–Kier alpha value is -3.22. The number of hydrogen-bond acceptors (Lipinski definition) is 4. The molecule has 7 heteroatoms. The Bertz CT molecular complexity index is 928. The molecule has 1 aromatic carbocycles. The SMILES string of the molecule is CC(=O)Nc1ccc(NC(=O)c2cnn3c(C)cc(C)nc23)cc1. The number of carbonyl (C=O) groups is 2. The maximum Gasteiger partial charge on any atom is 0.261 e. The highest BCUT2D eigenvalue weighted by Crippen LogP contribution is 2.17. The normalized spacial score (nSPS) is 10.6. The topological polar surface area (TPSA) is 88.4 Å². The average Bonchev–Trinajstić information content (AvgIpc) is 2.93. The highest BCUT2D eigenvalue weighted by molar-refractivity contribution is 6.08. The smallest absolute Gasteiger partial charge is 0.261 e. The van der Waals surface area contributed by atoms with Crippen LogP contribution in [0.25, 0.3) is 5.65 Å². The molecule has 0 fully saturated rings. The van der Waals surface area contributed by atoms with Gasteiger partial charge in [0, 0.05) is 29.7 Å². The van der Waals surface area contributed by atoms with Gasteiger partial charge in [-0.25, -0.2) is 9.50 Å². The van der Waals surface area contributed by atoms with Crippen molar-refractivity contribution in [2.45, 2.75) is 20.8 Å². The van der Waals surface area contributed by atoms with Gasteiger partial charge in [0.05, 0.1) is 6.20 Å². The molecule has 0 aliphatic rings. The van der Waals surface area contributed by atoms with Crippen LogP contribution in [-0.4, -0.2) is 26.4 Å². The third-order valence-corrected chi connectivity index (χ3v) is 3.49. The first-order chi connectivity index (χ1) is 11.4. The Balaban J connectivity index is 1.84. The molecule has 2 aromatic heterocycles. The lowest BCUT2D eigenvalue weighted by atomic mass is 10.2. The van der Waals surface area contributed by atoms with Crippen LogP contribution in [0.5, 0.6) is 0 Å². The first kappa shape index (κ1) is 15.7. The Morgan fingerprint density at radius 3 is 2.29 bits per heavy atom. The standard InChI is InChI=1S/C17H17N5O2/c1-10-8-11(2)22-16(19-10)15(9-18-22)17(24)21-14-6-4-13(5-7-14)20-12(3)23/h4-9H,1-3H3,(H,20,23)(H,21,24). The molecule has 24 heavy (non-hydrogen) atoms. The number of amides is 2. The predicted molar refractivity (Wildman–Crippen MR) is 91.2 cm³/mol. The van der Waals surface area contributed by atoms with E-state index in [9.17, 15) is 9.59 Å². The maximum atomic E-state index is 12.5. The van der Waals surface area contributed by atoms with Gasteiger partial charge < -0.3 is 10.6 Å². The van der Waals surface area contributed by atoms with Gasteiger partial charge in [0.15, 0.2) is 5.65 Å². The Morgan fingerprint density at radius 1 is 1.04 bits per heavy atom. The zero-order chi connectivity index (χ0) is 17.3. The van der Waals surface area contributed by atoms with Crippen molar-refractivity contribution < 1.29 is 9.59 Å². The fourth-order valence-electron chi connectivity index (χ4n) is 2.47. The first-order valence-corrected chi connectivity index (χ1v) is 7.45. The van der Waals surface area contributed by atoms with E-state index in [-0.39, 0.29) is 11.8 Å². The predicted octanol–water partition coefficient (Wildman–Crippen LogP) is 2.56. The molecule has 7 nitrogen and oxygen atoms in total. The Morgan fingerprint density at radius 2 is 1.67 bits per heavy atom. The minimum atomic E-state index is -0.283. The third-order valence-electron chi connectivity index (χ3n) is 3.49. The second-order valence-electron chi connectivity index (χ2n) is 5.55. The summed E-state index contributed by atoms with van der Waals surface area (Å²) in [7, 11) is 0. The van der Waals surface area contributed by atoms with E-state index in [2.05, 4.69) is 20.7 Å². The summed E-state index contributed by atoms with van der Waals surface area (Å²) in [6, 6.07) is 8.79. The van der Waals surface area contributed by atoms with Crippen molar-refractivity contribution in [1.82, 2.24) is 14.6 Å². The highest BCUT2D eigenvalue weighted by atomic mass is 16.2. The average molecular weight is 323 g/mol. The van der Waals surface area contributed by atoms with Gasteiger partial charge in [-0.2, -0.15) is 5.10 Å². The summed E-state index contributed by atoms with van der Waals surface area (Å²) in [5.41, 5.74) is 3.97. The summed E-state index contributed by atoms with van der Waals surface area (Å²) >= 11 is 0. The van der Waals surface area contributed by atoms with Crippen molar-refractivity contribution in [2.75, 3.05) is 10.6 Å². The molecule has 0 atom stereocenters. The van der Waals surface area contributed by atoms with Crippen LogP contribution in [0, 0.1) is 13.8 Å². The highest BCUT2D eigenvalue weighted by Gasteiger charge is 2.15. The van der Waals surface area contributed by atoms with Crippen LogP contribution >= 0.6 is 0 Å². The fraction of sp³-hybridized carbons (Fsp3) is 0.176. The van der Waals surface area contributed by atoms with Gasteiger partial charge in [-0.1, -0.05) is 0 Å². The lowest BCUT2D eigenvalue weighted by Gasteiger charge is -2.06. The number of nitrogens with one attached hydrogen (secondary N) is 2. The summed E-state index contributed by atoms with van der Waals surface area (Å²) in [5.74, 6) is -0.426. The maximum absolute atomic E-state index is 12.5. The van der Waals surface area contributed by atoms with Crippen molar-refractivity contribution in [3.63, 3.8) is 0 Å². The van der Waals surface area contributed by atoms with Crippen LogP contribution in [0.4, 0.5) is 11.4 Å². The van der Waals surface area contributed by atoms with Crippen molar-refractivity contribution in [1.29, 1.82) is 0 Å². The van der Waals surface area contributed by atoms with E-state index in [0.717, 1.165) is 11.4 Å². The largest absolute Gasteiger partial charge is 0.326 e. The lowest BCUT2D eigenvalue weighted by molar-refractivity contribution is -0.114. The second kappa shape index (κ2) is 6.11. The Labute approximate surface area is 138 Å².